The smallest absolute Gasteiger partial charge is 0.108 e. The second kappa shape index (κ2) is 7.85. The molecule has 2 aromatic rings. The monoisotopic (exact) mass is 342 g/mol. The van der Waals surface area contributed by atoms with Crippen LogP contribution in [0.4, 0.5) is 0 Å². The summed E-state index contributed by atoms with van der Waals surface area (Å²) < 4.78 is 5.47. The molecule has 1 N–H and O–H groups in total. The van der Waals surface area contributed by atoms with E-state index >= 15 is 0 Å². The third kappa shape index (κ3) is 4.40. The molecule has 2 saturated heterocycles. The van der Waals surface area contributed by atoms with Crippen LogP contribution >= 0.6 is 0 Å². The topological polar surface area (TPSA) is 44.4 Å². The summed E-state index contributed by atoms with van der Waals surface area (Å²) in [6.07, 6.45) is 3.71. The molecule has 5 nitrogen and oxygen atoms in total. The van der Waals surface area contributed by atoms with Gasteiger partial charge in [0.1, 0.15) is 5.82 Å². The van der Waals surface area contributed by atoms with Gasteiger partial charge in [-0.1, -0.05) is 6.07 Å². The molecule has 2 aliphatic rings. The lowest BCUT2D eigenvalue weighted by Gasteiger charge is -2.36. The number of imidazole rings is 1. The molecule has 1 aromatic heterocycles. The van der Waals surface area contributed by atoms with E-state index < -0.39 is 0 Å². The standard InChI is InChI=1S/C20H30N4O/c1-16-4-5-18-19(13-16)22-20(21-18)6-8-23-7-2-3-17(14-23)15-24-9-11-25-12-10-24/h4-5,13,17H,2-3,6-12,14-15H2,1H3,(H,21,22). The zero-order chi connectivity index (χ0) is 17.1. The zero-order valence-corrected chi connectivity index (χ0v) is 15.3. The fourth-order valence-electron chi connectivity index (χ4n) is 4.21. The molecule has 0 spiro atoms. The van der Waals surface area contributed by atoms with Crippen molar-refractivity contribution in [3.8, 4) is 0 Å². The van der Waals surface area contributed by atoms with Crippen molar-refractivity contribution in [3.63, 3.8) is 0 Å². The van der Waals surface area contributed by atoms with Crippen LogP contribution in [0.25, 0.3) is 11.0 Å². The van der Waals surface area contributed by atoms with Gasteiger partial charge in [0.25, 0.3) is 0 Å². The lowest BCUT2D eigenvalue weighted by molar-refractivity contribution is 0.0230. The number of piperidine rings is 1. The number of aromatic amines is 1. The molecule has 1 aromatic carbocycles. The van der Waals surface area contributed by atoms with Crippen molar-refractivity contribution < 1.29 is 4.74 Å². The van der Waals surface area contributed by atoms with Gasteiger partial charge >= 0.3 is 0 Å². The second-order valence-electron chi connectivity index (χ2n) is 7.68. The summed E-state index contributed by atoms with van der Waals surface area (Å²) >= 11 is 0. The number of morpholine rings is 1. The minimum absolute atomic E-state index is 0.810. The van der Waals surface area contributed by atoms with Crippen molar-refractivity contribution in [1.82, 2.24) is 19.8 Å². The van der Waals surface area contributed by atoms with Gasteiger partial charge in [0.05, 0.1) is 24.2 Å². The average Bonchev–Trinajstić information content (AvgIpc) is 3.03. The molecule has 1 atom stereocenters. The zero-order valence-electron chi connectivity index (χ0n) is 15.3. The maximum absolute atomic E-state index is 5.47. The number of likely N-dealkylation sites (tertiary alicyclic amines) is 1. The Hall–Kier alpha value is -1.43. The molecule has 0 amide bonds. The number of nitrogens with one attached hydrogen (secondary N) is 1. The highest BCUT2D eigenvalue weighted by molar-refractivity contribution is 5.75. The SMILES string of the molecule is Cc1ccc2nc(CCN3CCCC(CN4CCOCC4)C3)[nH]c2c1. The fourth-order valence-corrected chi connectivity index (χ4v) is 4.21. The van der Waals surface area contributed by atoms with E-state index in [9.17, 15) is 0 Å². The number of hydrogen-bond acceptors (Lipinski definition) is 4. The first-order chi connectivity index (χ1) is 12.3. The number of rotatable bonds is 5. The Morgan fingerprint density at radius 1 is 1.20 bits per heavy atom. The van der Waals surface area contributed by atoms with Crippen molar-refractivity contribution in [2.45, 2.75) is 26.2 Å². The Morgan fingerprint density at radius 2 is 2.08 bits per heavy atom. The Morgan fingerprint density at radius 3 is 2.96 bits per heavy atom. The molecule has 0 aliphatic carbocycles. The van der Waals surface area contributed by atoms with Crippen LogP contribution in [0.15, 0.2) is 18.2 Å². The fraction of sp³-hybridized carbons (Fsp3) is 0.650. The first-order valence-corrected chi connectivity index (χ1v) is 9.74. The van der Waals surface area contributed by atoms with Crippen LogP contribution in [0.1, 0.15) is 24.2 Å². The van der Waals surface area contributed by atoms with E-state index in [0.717, 1.165) is 56.5 Å². The summed E-state index contributed by atoms with van der Waals surface area (Å²) in [5.41, 5.74) is 3.54. The Labute approximate surface area is 150 Å². The van der Waals surface area contributed by atoms with E-state index in [1.165, 1.54) is 43.6 Å². The third-order valence-electron chi connectivity index (χ3n) is 5.57. The maximum atomic E-state index is 5.47. The van der Waals surface area contributed by atoms with Crippen LogP contribution < -0.4 is 0 Å². The molecule has 136 valence electrons. The Bertz CT molecular complexity index is 692. The van der Waals surface area contributed by atoms with Gasteiger partial charge in [0.2, 0.25) is 0 Å². The Balaban J connectivity index is 1.29. The highest BCUT2D eigenvalue weighted by Crippen LogP contribution is 2.19. The van der Waals surface area contributed by atoms with Crippen LogP contribution in [-0.2, 0) is 11.2 Å². The second-order valence-corrected chi connectivity index (χ2v) is 7.68. The largest absolute Gasteiger partial charge is 0.379 e. The van der Waals surface area contributed by atoms with E-state index in [0.29, 0.717) is 0 Å². The quantitative estimate of drug-likeness (QED) is 0.907. The molecular weight excluding hydrogens is 312 g/mol. The predicted molar refractivity (Wildman–Crippen MR) is 101 cm³/mol. The minimum Gasteiger partial charge on any atom is -0.379 e. The lowest BCUT2D eigenvalue weighted by atomic mass is 9.97. The first-order valence-electron chi connectivity index (χ1n) is 9.74. The van der Waals surface area contributed by atoms with E-state index in [2.05, 4.69) is 39.9 Å². The summed E-state index contributed by atoms with van der Waals surface area (Å²) in [5, 5.41) is 0. The van der Waals surface area contributed by atoms with Gasteiger partial charge in [-0.2, -0.15) is 0 Å². The molecule has 0 radical (unpaired) electrons. The van der Waals surface area contributed by atoms with Crippen molar-refractivity contribution in [3.05, 3.63) is 29.6 Å². The summed E-state index contributed by atoms with van der Waals surface area (Å²) in [5.74, 6) is 1.93. The number of aryl methyl sites for hydroxylation is 1. The van der Waals surface area contributed by atoms with Crippen LogP contribution in [0.2, 0.25) is 0 Å². The molecule has 0 saturated carbocycles. The van der Waals surface area contributed by atoms with Gasteiger partial charge in [-0.3, -0.25) is 4.90 Å². The van der Waals surface area contributed by atoms with Crippen molar-refractivity contribution in [2.75, 3.05) is 52.5 Å². The number of hydrogen-bond donors (Lipinski definition) is 1. The summed E-state index contributed by atoms with van der Waals surface area (Å²) in [4.78, 5) is 13.5. The normalized spacial score (nSPS) is 23.3. The van der Waals surface area contributed by atoms with E-state index in [-0.39, 0.29) is 0 Å². The van der Waals surface area contributed by atoms with Crippen LogP contribution in [0.5, 0.6) is 0 Å². The molecule has 3 heterocycles. The summed E-state index contributed by atoms with van der Waals surface area (Å²) in [6.45, 7) is 11.0. The molecule has 5 heteroatoms. The van der Waals surface area contributed by atoms with Gasteiger partial charge in [0, 0.05) is 39.1 Å². The third-order valence-corrected chi connectivity index (χ3v) is 5.57. The van der Waals surface area contributed by atoms with Crippen molar-refractivity contribution in [2.24, 2.45) is 5.92 Å². The van der Waals surface area contributed by atoms with Gasteiger partial charge in [0.15, 0.2) is 0 Å². The van der Waals surface area contributed by atoms with E-state index in [1.807, 2.05) is 0 Å². The molecule has 1 unspecified atom stereocenters. The van der Waals surface area contributed by atoms with Crippen LogP contribution in [0.3, 0.4) is 0 Å². The lowest BCUT2D eigenvalue weighted by Crippen LogP contribution is -2.44. The first kappa shape index (κ1) is 17.0. The number of H-pyrrole nitrogens is 1. The minimum atomic E-state index is 0.810. The molecule has 4 rings (SSSR count). The van der Waals surface area contributed by atoms with Gasteiger partial charge in [-0.25, -0.2) is 4.98 Å². The highest BCUT2D eigenvalue weighted by Gasteiger charge is 2.23. The molecular formula is C20H30N4O. The van der Waals surface area contributed by atoms with E-state index in [4.69, 9.17) is 9.72 Å². The number of fused-ring (bicyclic) bond motifs is 1. The summed E-state index contributed by atoms with van der Waals surface area (Å²) in [7, 11) is 0. The van der Waals surface area contributed by atoms with Gasteiger partial charge < -0.3 is 14.6 Å². The van der Waals surface area contributed by atoms with Crippen molar-refractivity contribution >= 4 is 11.0 Å². The highest BCUT2D eigenvalue weighted by atomic mass is 16.5. The number of ether oxygens (including phenoxy) is 1. The van der Waals surface area contributed by atoms with Gasteiger partial charge in [-0.05, 0) is 49.9 Å². The number of aromatic nitrogens is 2. The predicted octanol–water partition coefficient (Wildman–Crippen LogP) is 2.46. The molecule has 25 heavy (non-hydrogen) atoms. The number of benzene rings is 1. The van der Waals surface area contributed by atoms with Crippen LogP contribution in [0, 0.1) is 12.8 Å². The molecule has 0 bridgehead atoms. The average molecular weight is 342 g/mol. The Kier molecular flexibility index (Phi) is 5.34. The molecule has 2 fully saturated rings. The maximum Gasteiger partial charge on any atom is 0.108 e. The van der Waals surface area contributed by atoms with Crippen molar-refractivity contribution in [1.29, 1.82) is 0 Å². The summed E-state index contributed by atoms with van der Waals surface area (Å²) in [6, 6.07) is 6.43. The van der Waals surface area contributed by atoms with E-state index in [1.54, 1.807) is 0 Å². The van der Waals surface area contributed by atoms with Crippen LogP contribution in [-0.4, -0.2) is 72.3 Å². The van der Waals surface area contributed by atoms with Gasteiger partial charge in [-0.15, -0.1) is 0 Å². The number of nitrogens with zero attached hydrogens (tertiary/aromatic N) is 3. The molecule has 2 aliphatic heterocycles.